The highest BCUT2D eigenvalue weighted by atomic mass is 32.2. The molecule has 4 rings (SSSR count). The van der Waals surface area contributed by atoms with Crippen LogP contribution in [0.3, 0.4) is 0 Å². The van der Waals surface area contributed by atoms with E-state index in [1.807, 2.05) is 47.8 Å². The Morgan fingerprint density at radius 2 is 1.59 bits per heavy atom. The molecule has 0 unspecified atom stereocenters. The van der Waals surface area contributed by atoms with Crippen molar-refractivity contribution in [2.45, 2.75) is 36.7 Å². The molecule has 0 N–H and O–H groups in total. The van der Waals surface area contributed by atoms with E-state index < -0.39 is 5.97 Å². The number of amides is 2. The van der Waals surface area contributed by atoms with Crippen LogP contribution in [0, 0.1) is 11.8 Å². The highest BCUT2D eigenvalue weighted by Crippen LogP contribution is 2.45. The average molecular weight is 406 g/mol. The molecule has 7 heteroatoms. The maximum absolute atomic E-state index is 12.4. The molecule has 2 amide bonds. The molecule has 0 spiro atoms. The van der Waals surface area contributed by atoms with Gasteiger partial charge in [-0.1, -0.05) is 25.0 Å². The van der Waals surface area contributed by atoms with Crippen LogP contribution in [0.25, 0.3) is 0 Å². The molecule has 0 aromatic heterocycles. The summed E-state index contributed by atoms with van der Waals surface area (Å²) in [5.74, 6) is 1.89. The zero-order valence-corrected chi connectivity index (χ0v) is 16.7. The Kier molecular flexibility index (Phi) is 5.78. The Morgan fingerprint density at radius 1 is 1.00 bits per heavy atom. The monoisotopic (exact) mass is 405 g/mol. The van der Waals surface area contributed by atoms with E-state index in [0.29, 0.717) is 10.3 Å². The molecular formula is C20H23NO4S2. The normalized spacial score (nSPS) is 25.7. The summed E-state index contributed by atoms with van der Waals surface area (Å²) in [6.45, 7) is 0.122. The zero-order chi connectivity index (χ0) is 18.8. The topological polar surface area (TPSA) is 63.7 Å². The SMILES string of the molecule is O=C(CCN1C(=O)[C@H]2CCCC[C@H]2C1=O)Oc1ccc(C2SCCS2)cc1. The van der Waals surface area contributed by atoms with Gasteiger partial charge in [0.15, 0.2) is 0 Å². The average Bonchev–Trinajstić information content (AvgIpc) is 3.30. The predicted molar refractivity (Wildman–Crippen MR) is 107 cm³/mol. The van der Waals surface area contributed by atoms with Crippen molar-refractivity contribution >= 4 is 41.3 Å². The van der Waals surface area contributed by atoms with Crippen LogP contribution in [0.2, 0.25) is 0 Å². The number of benzene rings is 1. The Bertz CT molecular complexity index is 706. The van der Waals surface area contributed by atoms with Crippen molar-refractivity contribution in [1.29, 1.82) is 0 Å². The van der Waals surface area contributed by atoms with E-state index in [-0.39, 0.29) is 36.6 Å². The largest absolute Gasteiger partial charge is 0.426 e. The van der Waals surface area contributed by atoms with Crippen LogP contribution < -0.4 is 4.74 Å². The molecule has 1 aromatic carbocycles. The lowest BCUT2D eigenvalue weighted by atomic mass is 9.81. The van der Waals surface area contributed by atoms with Crippen molar-refractivity contribution in [1.82, 2.24) is 4.90 Å². The molecule has 2 heterocycles. The van der Waals surface area contributed by atoms with Crippen molar-refractivity contribution in [3.05, 3.63) is 29.8 Å². The van der Waals surface area contributed by atoms with Crippen molar-refractivity contribution < 1.29 is 19.1 Å². The van der Waals surface area contributed by atoms with Gasteiger partial charge in [0.25, 0.3) is 0 Å². The van der Waals surface area contributed by atoms with Gasteiger partial charge < -0.3 is 4.74 Å². The van der Waals surface area contributed by atoms with Crippen LogP contribution in [0.15, 0.2) is 24.3 Å². The summed E-state index contributed by atoms with van der Waals surface area (Å²) in [5, 5.41) is 0. The molecule has 1 aliphatic carbocycles. The van der Waals surface area contributed by atoms with Crippen LogP contribution in [-0.4, -0.2) is 40.7 Å². The molecule has 3 fully saturated rings. The molecule has 5 nitrogen and oxygen atoms in total. The predicted octanol–water partition coefficient (Wildman–Crippen LogP) is 3.64. The third-order valence-electron chi connectivity index (χ3n) is 5.48. The van der Waals surface area contributed by atoms with Crippen LogP contribution in [0.4, 0.5) is 0 Å². The smallest absolute Gasteiger partial charge is 0.312 e. The minimum atomic E-state index is -0.414. The molecule has 144 valence electrons. The summed E-state index contributed by atoms with van der Waals surface area (Å²) in [5.41, 5.74) is 1.23. The molecule has 2 saturated heterocycles. The molecule has 2 atom stereocenters. The minimum absolute atomic E-state index is 0.0347. The van der Waals surface area contributed by atoms with E-state index in [9.17, 15) is 14.4 Å². The van der Waals surface area contributed by atoms with Gasteiger partial charge >= 0.3 is 5.97 Å². The number of imide groups is 1. The number of carbonyl (C=O) groups is 3. The van der Waals surface area contributed by atoms with Crippen molar-refractivity contribution in [3.63, 3.8) is 0 Å². The fourth-order valence-corrected chi connectivity index (χ4v) is 6.94. The number of carbonyl (C=O) groups excluding carboxylic acids is 3. The fraction of sp³-hybridized carbons (Fsp3) is 0.550. The third kappa shape index (κ3) is 4.04. The lowest BCUT2D eigenvalue weighted by Crippen LogP contribution is -2.33. The molecule has 2 aliphatic heterocycles. The van der Waals surface area contributed by atoms with Gasteiger partial charge in [-0.05, 0) is 30.5 Å². The van der Waals surface area contributed by atoms with E-state index in [0.717, 1.165) is 25.7 Å². The molecule has 27 heavy (non-hydrogen) atoms. The van der Waals surface area contributed by atoms with Crippen molar-refractivity contribution in [2.24, 2.45) is 11.8 Å². The second-order valence-electron chi connectivity index (χ2n) is 7.19. The lowest BCUT2D eigenvalue weighted by molar-refractivity contribution is -0.141. The van der Waals surface area contributed by atoms with E-state index >= 15 is 0 Å². The number of hydrogen-bond donors (Lipinski definition) is 0. The molecule has 3 aliphatic rings. The maximum Gasteiger partial charge on any atom is 0.312 e. The van der Waals surface area contributed by atoms with Gasteiger partial charge in [-0.25, -0.2) is 0 Å². The number of thioether (sulfide) groups is 2. The van der Waals surface area contributed by atoms with Gasteiger partial charge in [0.1, 0.15) is 5.75 Å². The number of likely N-dealkylation sites (tertiary alicyclic amines) is 1. The first-order valence-corrected chi connectivity index (χ1v) is 11.6. The molecule has 1 saturated carbocycles. The van der Waals surface area contributed by atoms with E-state index in [1.54, 1.807) is 0 Å². The first kappa shape index (κ1) is 18.9. The number of ether oxygens (including phenoxy) is 1. The Balaban J connectivity index is 1.29. The minimum Gasteiger partial charge on any atom is -0.426 e. The number of fused-ring (bicyclic) bond motifs is 1. The van der Waals surface area contributed by atoms with Crippen molar-refractivity contribution in [3.8, 4) is 5.75 Å². The second-order valence-corrected chi connectivity index (χ2v) is 9.92. The number of hydrogen-bond acceptors (Lipinski definition) is 6. The number of rotatable bonds is 5. The standard InChI is InChI=1S/C20H23NO4S2/c22-17(25-14-7-5-13(6-8-14)20-26-11-12-27-20)9-10-21-18(23)15-3-1-2-4-16(15)19(21)24/h5-8,15-16,20H,1-4,9-12H2/t15-,16+. The van der Waals surface area contributed by atoms with E-state index in [4.69, 9.17) is 4.74 Å². The Morgan fingerprint density at radius 3 is 2.19 bits per heavy atom. The van der Waals surface area contributed by atoms with Crippen LogP contribution in [-0.2, 0) is 14.4 Å². The zero-order valence-electron chi connectivity index (χ0n) is 15.1. The first-order valence-electron chi connectivity index (χ1n) is 9.52. The highest BCUT2D eigenvalue weighted by molar-refractivity contribution is 8.19. The quantitative estimate of drug-likeness (QED) is 0.423. The molecule has 1 aromatic rings. The summed E-state index contributed by atoms with van der Waals surface area (Å²) < 4.78 is 5.84. The van der Waals surface area contributed by atoms with Gasteiger partial charge in [-0.15, -0.1) is 23.5 Å². The summed E-state index contributed by atoms with van der Waals surface area (Å²) in [6.07, 6.45) is 3.63. The molecular weight excluding hydrogens is 382 g/mol. The maximum atomic E-state index is 12.4. The van der Waals surface area contributed by atoms with E-state index in [2.05, 4.69) is 0 Å². The van der Waals surface area contributed by atoms with Crippen LogP contribution >= 0.6 is 23.5 Å². The number of nitrogens with zero attached hydrogens (tertiary/aromatic N) is 1. The second kappa shape index (κ2) is 8.27. The lowest BCUT2D eigenvalue weighted by Gasteiger charge is -2.19. The summed E-state index contributed by atoms with van der Waals surface area (Å²) in [4.78, 5) is 38.3. The van der Waals surface area contributed by atoms with Crippen LogP contribution in [0.1, 0.15) is 42.2 Å². The first-order chi connectivity index (χ1) is 13.1. The number of esters is 1. The van der Waals surface area contributed by atoms with Crippen LogP contribution in [0.5, 0.6) is 5.75 Å². The van der Waals surface area contributed by atoms with Gasteiger partial charge in [0.05, 0.1) is 22.8 Å². The Hall–Kier alpha value is -1.47. The summed E-state index contributed by atoms with van der Waals surface area (Å²) >= 11 is 3.86. The molecule has 0 bridgehead atoms. The van der Waals surface area contributed by atoms with Gasteiger partial charge in [0, 0.05) is 18.1 Å². The molecule has 0 radical (unpaired) electrons. The summed E-state index contributed by atoms with van der Waals surface area (Å²) in [7, 11) is 0. The third-order valence-corrected chi connectivity index (χ3v) is 8.58. The van der Waals surface area contributed by atoms with Gasteiger partial charge in [-0.2, -0.15) is 0 Å². The van der Waals surface area contributed by atoms with Gasteiger partial charge in [-0.3, -0.25) is 19.3 Å². The fourth-order valence-electron chi connectivity index (χ4n) is 4.08. The summed E-state index contributed by atoms with van der Waals surface area (Å²) in [6, 6.07) is 7.62. The van der Waals surface area contributed by atoms with Crippen molar-refractivity contribution in [2.75, 3.05) is 18.1 Å². The Labute approximate surface area is 167 Å². The van der Waals surface area contributed by atoms with Gasteiger partial charge in [0.2, 0.25) is 11.8 Å². The van der Waals surface area contributed by atoms with E-state index in [1.165, 1.54) is 22.0 Å². The highest BCUT2D eigenvalue weighted by Gasteiger charge is 2.47.